The molecule has 5 rings (SSSR count). The molecule has 5 aromatic rings. The number of methoxy groups -OCH3 is 1. The fourth-order valence-corrected chi connectivity index (χ4v) is 4.05. The summed E-state index contributed by atoms with van der Waals surface area (Å²) in [5.74, 6) is -0.939. The highest BCUT2D eigenvalue weighted by Gasteiger charge is 2.18. The fraction of sp³-hybridized carbons (Fsp3) is 0.208. The molecule has 3 heterocycles. The Morgan fingerprint density at radius 2 is 1.83 bits per heavy atom. The minimum atomic E-state index is -0.764. The topological polar surface area (TPSA) is 140 Å². The molecule has 36 heavy (non-hydrogen) atoms. The number of nitrogens with one attached hydrogen (secondary N) is 1. The Bertz CT molecular complexity index is 1790. The van der Waals surface area contributed by atoms with Gasteiger partial charge in [-0.2, -0.15) is 0 Å². The summed E-state index contributed by atoms with van der Waals surface area (Å²) in [7, 11) is 4.29. The van der Waals surface area contributed by atoms with Gasteiger partial charge < -0.3 is 23.8 Å². The van der Waals surface area contributed by atoms with Crippen LogP contribution in [0.1, 0.15) is 0 Å². The monoisotopic (exact) mass is 491 g/mol. The third-order valence-corrected chi connectivity index (χ3v) is 5.85. The van der Waals surface area contributed by atoms with Crippen molar-refractivity contribution in [3.63, 3.8) is 0 Å². The number of fused-ring (bicyclic) bond motifs is 4. The number of anilines is 1. The van der Waals surface area contributed by atoms with Gasteiger partial charge in [0.2, 0.25) is 0 Å². The van der Waals surface area contributed by atoms with Crippen LogP contribution in [0.5, 0.6) is 5.75 Å². The van der Waals surface area contributed by atoms with E-state index in [1.807, 2.05) is 24.3 Å². The normalized spacial score (nSPS) is 11.3. The molecule has 0 saturated heterocycles. The molecule has 0 atom stereocenters. The van der Waals surface area contributed by atoms with Crippen molar-refractivity contribution < 1.29 is 23.5 Å². The Morgan fingerprint density at radius 1 is 1.06 bits per heavy atom. The Morgan fingerprint density at radius 3 is 2.61 bits per heavy atom. The standard InChI is InChI=1S/C24H21N5O7/c1-27-22-21(23(32)28(2)24(27)33)29(12-25-22)10-20(31)35-11-19(30)26-15-9-17-14(8-18(15)34-3)13-6-4-5-7-16(13)36-17/h4-9,12H,10-11H2,1-3H3,(H,26,30). The molecule has 12 nitrogen and oxygen atoms in total. The van der Waals surface area contributed by atoms with E-state index in [-0.39, 0.29) is 17.7 Å². The molecular formula is C24H21N5O7. The van der Waals surface area contributed by atoms with Gasteiger partial charge in [-0.15, -0.1) is 0 Å². The molecule has 1 amide bonds. The van der Waals surface area contributed by atoms with Gasteiger partial charge in [-0.25, -0.2) is 9.78 Å². The summed E-state index contributed by atoms with van der Waals surface area (Å²) in [5, 5.41) is 4.41. The summed E-state index contributed by atoms with van der Waals surface area (Å²) in [5.41, 5.74) is 0.709. The number of aryl methyl sites for hydroxylation is 1. The number of hydrogen-bond acceptors (Lipinski definition) is 8. The molecule has 0 spiro atoms. The molecule has 0 unspecified atom stereocenters. The second kappa shape index (κ2) is 8.73. The predicted molar refractivity (Wildman–Crippen MR) is 130 cm³/mol. The van der Waals surface area contributed by atoms with Crippen molar-refractivity contribution in [1.82, 2.24) is 18.7 Å². The van der Waals surface area contributed by atoms with Gasteiger partial charge in [0.1, 0.15) is 23.5 Å². The van der Waals surface area contributed by atoms with Gasteiger partial charge in [-0.3, -0.25) is 23.5 Å². The van der Waals surface area contributed by atoms with Crippen LogP contribution in [0.3, 0.4) is 0 Å². The zero-order chi connectivity index (χ0) is 25.6. The third-order valence-electron chi connectivity index (χ3n) is 5.85. The van der Waals surface area contributed by atoms with Gasteiger partial charge in [0.05, 0.1) is 19.1 Å². The number of benzene rings is 2. The van der Waals surface area contributed by atoms with Crippen LogP contribution in [0, 0.1) is 0 Å². The van der Waals surface area contributed by atoms with E-state index < -0.39 is 29.7 Å². The quantitative estimate of drug-likeness (QED) is 0.353. The summed E-state index contributed by atoms with van der Waals surface area (Å²) >= 11 is 0. The second-order valence-electron chi connectivity index (χ2n) is 8.11. The Labute approximate surface area is 202 Å². The van der Waals surface area contributed by atoms with Crippen LogP contribution in [0.15, 0.2) is 56.7 Å². The smallest absolute Gasteiger partial charge is 0.332 e. The first-order valence-electron chi connectivity index (χ1n) is 10.8. The molecule has 0 fully saturated rings. The van der Waals surface area contributed by atoms with Crippen molar-refractivity contribution in [1.29, 1.82) is 0 Å². The summed E-state index contributed by atoms with van der Waals surface area (Å²) in [6.45, 7) is -0.936. The first-order chi connectivity index (χ1) is 17.3. The average molecular weight is 491 g/mol. The molecule has 0 aliphatic rings. The summed E-state index contributed by atoms with van der Waals surface area (Å²) in [4.78, 5) is 53.5. The summed E-state index contributed by atoms with van der Waals surface area (Å²) in [6, 6.07) is 11.0. The lowest BCUT2D eigenvalue weighted by Crippen LogP contribution is -2.37. The van der Waals surface area contributed by atoms with Crippen LogP contribution in [0.25, 0.3) is 33.1 Å². The largest absolute Gasteiger partial charge is 0.495 e. The SMILES string of the molecule is COc1cc2c(cc1NC(=O)COC(=O)Cn1cnc3c1c(=O)n(C)c(=O)n3C)oc1ccccc12. The van der Waals surface area contributed by atoms with Crippen LogP contribution in [0.2, 0.25) is 0 Å². The van der Waals surface area contributed by atoms with Gasteiger partial charge in [0, 0.05) is 30.9 Å². The zero-order valence-corrected chi connectivity index (χ0v) is 19.6. The molecule has 0 saturated carbocycles. The lowest BCUT2D eigenvalue weighted by molar-refractivity contribution is -0.147. The maximum Gasteiger partial charge on any atom is 0.332 e. The highest BCUT2D eigenvalue weighted by molar-refractivity contribution is 6.07. The number of ether oxygens (including phenoxy) is 2. The molecule has 3 aromatic heterocycles. The van der Waals surface area contributed by atoms with Gasteiger partial charge >= 0.3 is 11.7 Å². The van der Waals surface area contributed by atoms with E-state index in [4.69, 9.17) is 13.9 Å². The number of imidazole rings is 1. The maximum absolute atomic E-state index is 12.5. The number of furan rings is 1. The average Bonchev–Trinajstić information content (AvgIpc) is 3.45. The van der Waals surface area contributed by atoms with Crippen molar-refractivity contribution in [2.75, 3.05) is 19.0 Å². The van der Waals surface area contributed by atoms with E-state index in [0.29, 0.717) is 22.6 Å². The highest BCUT2D eigenvalue weighted by Crippen LogP contribution is 2.36. The minimum absolute atomic E-state index is 0.0740. The lowest BCUT2D eigenvalue weighted by atomic mass is 10.1. The molecule has 1 N–H and O–H groups in total. The van der Waals surface area contributed by atoms with E-state index in [9.17, 15) is 19.2 Å². The van der Waals surface area contributed by atoms with Crippen LogP contribution >= 0.6 is 0 Å². The van der Waals surface area contributed by atoms with Crippen LogP contribution in [-0.2, 0) is 35.0 Å². The lowest BCUT2D eigenvalue weighted by Gasteiger charge is -2.11. The van der Waals surface area contributed by atoms with E-state index >= 15 is 0 Å². The van der Waals surface area contributed by atoms with E-state index in [1.54, 1.807) is 12.1 Å². The molecular weight excluding hydrogens is 470 g/mol. The number of carbonyl (C=O) groups excluding carboxylic acids is 2. The highest BCUT2D eigenvalue weighted by atomic mass is 16.5. The number of aromatic nitrogens is 4. The summed E-state index contributed by atoms with van der Waals surface area (Å²) < 4.78 is 19.8. The number of para-hydroxylation sites is 1. The fourth-order valence-electron chi connectivity index (χ4n) is 4.05. The number of nitrogens with zero attached hydrogens (tertiary/aromatic N) is 4. The minimum Gasteiger partial charge on any atom is -0.495 e. The van der Waals surface area contributed by atoms with Crippen LogP contribution in [-0.4, -0.2) is 44.3 Å². The third kappa shape index (κ3) is 3.78. The zero-order valence-electron chi connectivity index (χ0n) is 19.6. The van der Waals surface area contributed by atoms with Crippen molar-refractivity contribution in [3.05, 3.63) is 63.6 Å². The summed E-state index contributed by atoms with van der Waals surface area (Å²) in [6.07, 6.45) is 1.26. The van der Waals surface area contributed by atoms with Gasteiger partial charge in [0.15, 0.2) is 17.8 Å². The maximum atomic E-state index is 12.5. The van der Waals surface area contributed by atoms with Gasteiger partial charge in [-0.05, 0) is 12.1 Å². The molecule has 184 valence electrons. The molecule has 2 aromatic carbocycles. The van der Waals surface area contributed by atoms with Crippen molar-refractivity contribution in [2.24, 2.45) is 14.1 Å². The number of amides is 1. The first-order valence-corrected chi connectivity index (χ1v) is 10.8. The molecule has 0 radical (unpaired) electrons. The van der Waals surface area contributed by atoms with Gasteiger partial charge in [-0.1, -0.05) is 18.2 Å². The van der Waals surface area contributed by atoms with E-state index in [0.717, 1.165) is 15.3 Å². The predicted octanol–water partition coefficient (Wildman–Crippen LogP) is 1.52. The van der Waals surface area contributed by atoms with E-state index in [2.05, 4.69) is 10.3 Å². The van der Waals surface area contributed by atoms with Crippen LogP contribution < -0.4 is 21.3 Å². The number of carbonyl (C=O) groups is 2. The molecule has 12 heteroatoms. The van der Waals surface area contributed by atoms with E-state index in [1.165, 1.54) is 36.7 Å². The molecule has 0 aliphatic carbocycles. The number of esters is 1. The van der Waals surface area contributed by atoms with Crippen LogP contribution in [0.4, 0.5) is 5.69 Å². The Kier molecular flexibility index (Phi) is 5.55. The molecule has 0 aliphatic heterocycles. The first kappa shape index (κ1) is 22.9. The number of rotatable bonds is 6. The number of hydrogen-bond donors (Lipinski definition) is 1. The second-order valence-corrected chi connectivity index (χ2v) is 8.11. The Balaban J connectivity index is 1.30. The van der Waals surface area contributed by atoms with Crippen molar-refractivity contribution in [2.45, 2.75) is 6.54 Å². The van der Waals surface area contributed by atoms with Gasteiger partial charge in [0.25, 0.3) is 11.5 Å². The van der Waals surface area contributed by atoms with Crippen molar-refractivity contribution in [3.8, 4) is 5.75 Å². The Hall–Kier alpha value is -4.87. The molecule has 0 bridgehead atoms. The van der Waals surface area contributed by atoms with Crippen molar-refractivity contribution >= 4 is 50.7 Å².